The quantitative estimate of drug-likeness (QED) is 0.181. The Balaban J connectivity index is 1.15. The second kappa shape index (κ2) is 14.8. The van der Waals surface area contributed by atoms with Crippen LogP contribution in [-0.2, 0) is 0 Å². The molecule has 10 aromatic carbocycles. The van der Waals surface area contributed by atoms with Crippen LogP contribution < -0.4 is 5.32 Å². The maximum Gasteiger partial charge on any atom is 0.145 e. The van der Waals surface area contributed by atoms with Crippen molar-refractivity contribution < 1.29 is 13.3 Å². The van der Waals surface area contributed by atoms with E-state index < -0.39 is 6.17 Å². The normalized spacial score (nSPS) is 14.1. The summed E-state index contributed by atoms with van der Waals surface area (Å²) in [5.74, 6) is 0. The predicted octanol–water partition coefficient (Wildman–Crippen LogP) is 16.7. The van der Waals surface area contributed by atoms with Gasteiger partial charge in [-0.25, -0.2) is 0 Å². The van der Waals surface area contributed by atoms with E-state index in [0.717, 1.165) is 133 Å². The van der Waals surface area contributed by atoms with Crippen LogP contribution in [0.25, 0.3) is 116 Å². The number of aliphatic imine (C=N–C) groups is 1. The van der Waals surface area contributed by atoms with Crippen LogP contribution in [-0.4, -0.2) is 5.71 Å². The highest BCUT2D eigenvalue weighted by molar-refractivity contribution is 6.24. The van der Waals surface area contributed by atoms with E-state index >= 15 is 0 Å². The fourth-order valence-corrected chi connectivity index (χ4v) is 10.5. The Morgan fingerprint density at radius 2 is 0.791 bits per heavy atom. The van der Waals surface area contributed by atoms with Crippen molar-refractivity contribution in [3.8, 4) is 33.4 Å². The van der Waals surface area contributed by atoms with Gasteiger partial charge in [0.15, 0.2) is 0 Å². The zero-order chi connectivity index (χ0) is 44.0. The monoisotopic (exact) mass is 858 g/mol. The van der Waals surface area contributed by atoms with E-state index in [1.165, 1.54) is 5.39 Å². The molecular weight excluding hydrogens is 821 g/mol. The molecule has 3 aromatic heterocycles. The molecule has 4 heterocycles. The highest BCUT2D eigenvalue weighted by atomic mass is 16.3. The fraction of sp³-hybridized carbons (Fsp3) is 0.0161. The van der Waals surface area contributed by atoms with Crippen molar-refractivity contribution in [2.75, 3.05) is 0 Å². The van der Waals surface area contributed by atoms with Crippen molar-refractivity contribution in [1.82, 2.24) is 5.32 Å². The van der Waals surface area contributed by atoms with Gasteiger partial charge in [0.25, 0.3) is 0 Å². The number of hydrogen-bond acceptors (Lipinski definition) is 5. The number of hydrogen-bond donors (Lipinski definition) is 1. The van der Waals surface area contributed by atoms with Crippen LogP contribution in [0.15, 0.2) is 237 Å². The van der Waals surface area contributed by atoms with Gasteiger partial charge in [-0.05, 0) is 69.4 Å². The molecule has 67 heavy (non-hydrogen) atoms. The third-order valence-electron chi connectivity index (χ3n) is 13.5. The van der Waals surface area contributed by atoms with Crippen LogP contribution in [0.3, 0.4) is 0 Å². The molecule has 0 saturated heterocycles. The lowest BCUT2D eigenvalue weighted by molar-refractivity contribution is 0.664. The van der Waals surface area contributed by atoms with E-state index in [2.05, 4.69) is 187 Å². The smallest absolute Gasteiger partial charge is 0.145 e. The Kier molecular flexibility index (Phi) is 8.28. The average Bonchev–Trinajstić information content (AvgIpc) is 4.10. The number of allylic oxidation sites excluding steroid dienone is 1. The molecule has 1 aliphatic heterocycles. The molecule has 1 N–H and O–H groups in total. The van der Waals surface area contributed by atoms with Crippen molar-refractivity contribution in [1.29, 1.82) is 0 Å². The maximum atomic E-state index is 6.92. The number of furan rings is 3. The van der Waals surface area contributed by atoms with E-state index in [4.69, 9.17) is 18.2 Å². The predicted molar refractivity (Wildman–Crippen MR) is 275 cm³/mol. The minimum atomic E-state index is -0.399. The highest BCUT2D eigenvalue weighted by Gasteiger charge is 2.29. The molecule has 0 saturated carbocycles. The second-order valence-corrected chi connectivity index (χ2v) is 17.3. The van der Waals surface area contributed by atoms with E-state index in [1.54, 1.807) is 0 Å². The molecule has 13 aromatic rings. The third kappa shape index (κ3) is 5.91. The lowest BCUT2D eigenvalue weighted by Crippen LogP contribution is -2.25. The van der Waals surface area contributed by atoms with Gasteiger partial charge >= 0.3 is 0 Å². The Hall–Kier alpha value is -8.93. The summed E-state index contributed by atoms with van der Waals surface area (Å²) in [5.41, 5.74) is 15.7. The molecule has 14 rings (SSSR count). The maximum absolute atomic E-state index is 6.92. The number of benzene rings is 10. The molecule has 314 valence electrons. The summed E-state index contributed by atoms with van der Waals surface area (Å²) in [6.07, 6.45) is 1.84. The summed E-state index contributed by atoms with van der Waals surface area (Å²) < 4.78 is 20.6. The van der Waals surface area contributed by atoms with Crippen LogP contribution >= 0.6 is 0 Å². The Morgan fingerprint density at radius 1 is 0.358 bits per heavy atom. The Morgan fingerprint density at radius 3 is 1.37 bits per heavy atom. The summed E-state index contributed by atoms with van der Waals surface area (Å²) in [4.78, 5) is 5.73. The Labute approximate surface area is 384 Å². The van der Waals surface area contributed by atoms with Crippen LogP contribution in [0.2, 0.25) is 0 Å². The first-order valence-corrected chi connectivity index (χ1v) is 22.7. The molecule has 5 nitrogen and oxygen atoms in total. The molecule has 0 amide bonds. The molecule has 0 aliphatic carbocycles. The van der Waals surface area contributed by atoms with E-state index in [1.807, 2.05) is 36.4 Å². The van der Waals surface area contributed by atoms with Gasteiger partial charge < -0.3 is 18.6 Å². The van der Waals surface area contributed by atoms with Crippen molar-refractivity contribution >= 4 is 88.0 Å². The lowest BCUT2D eigenvalue weighted by atomic mass is 9.83. The van der Waals surface area contributed by atoms with E-state index in [0.29, 0.717) is 0 Å². The first-order chi connectivity index (χ1) is 33.2. The molecule has 1 aliphatic rings. The Bertz CT molecular complexity index is 4060. The van der Waals surface area contributed by atoms with Crippen molar-refractivity contribution in [3.05, 3.63) is 235 Å². The number of nitrogens with zero attached hydrogens (tertiary/aromatic N) is 1. The van der Waals surface area contributed by atoms with E-state index in [-0.39, 0.29) is 0 Å². The average molecular weight is 859 g/mol. The van der Waals surface area contributed by atoms with Crippen molar-refractivity contribution in [3.63, 3.8) is 0 Å². The van der Waals surface area contributed by atoms with Gasteiger partial charge in [0, 0.05) is 65.8 Å². The van der Waals surface area contributed by atoms with Gasteiger partial charge in [-0.2, -0.15) is 0 Å². The minimum absolute atomic E-state index is 0.399. The zero-order valence-corrected chi connectivity index (χ0v) is 36.0. The summed E-state index contributed by atoms with van der Waals surface area (Å²) in [5, 5.41) is 12.6. The summed E-state index contributed by atoms with van der Waals surface area (Å²) in [7, 11) is 0. The summed E-state index contributed by atoms with van der Waals surface area (Å²) >= 11 is 0. The van der Waals surface area contributed by atoms with Crippen LogP contribution in [0, 0.1) is 0 Å². The standard InChI is InChI=1S/C62H38N2O3/c1-2-17-38(18-3-1)62-63-53(42-25-12-19-37-16-4-5-20-40(37)42)36-54(64-62)58-51(49-29-14-27-47-44-22-7-10-32-56(44)66-60(47)49)34-39(41-24-13-26-46-43-21-6-9-31-55(43)65-59(41)46)35-52(58)50-30-15-28-48-45-23-8-11-33-57(45)67-61(48)50/h1-36,62-63H. The third-order valence-corrected chi connectivity index (χ3v) is 13.5. The molecular formula is C62H38N2O3. The van der Waals surface area contributed by atoms with E-state index in [9.17, 15) is 0 Å². The molecule has 0 fully saturated rings. The number of rotatable bonds is 6. The zero-order valence-electron chi connectivity index (χ0n) is 36.0. The largest absolute Gasteiger partial charge is 0.455 e. The number of fused-ring (bicyclic) bond motifs is 10. The molecule has 5 heteroatoms. The number of nitrogens with one attached hydrogen (secondary N) is 1. The number of para-hydroxylation sites is 6. The van der Waals surface area contributed by atoms with Gasteiger partial charge in [0.05, 0.1) is 5.71 Å². The van der Waals surface area contributed by atoms with Gasteiger partial charge in [0.1, 0.15) is 39.7 Å². The molecule has 0 bridgehead atoms. The SMILES string of the molecule is C1=C(c2cccc3ccccc23)NC(c2ccccc2)N=C1c1c(-c2cccc3c2oc2ccccc23)cc(-c2cccc3c2oc2ccccc23)cc1-c1cccc2c1oc1ccccc12. The van der Waals surface area contributed by atoms with Crippen LogP contribution in [0.5, 0.6) is 0 Å². The topological polar surface area (TPSA) is 63.8 Å². The van der Waals surface area contributed by atoms with Crippen molar-refractivity contribution in [2.45, 2.75) is 6.17 Å². The fourth-order valence-electron chi connectivity index (χ4n) is 10.5. The molecule has 1 atom stereocenters. The minimum Gasteiger partial charge on any atom is -0.455 e. The van der Waals surface area contributed by atoms with Crippen LogP contribution in [0.4, 0.5) is 0 Å². The van der Waals surface area contributed by atoms with Gasteiger partial charge in [0.2, 0.25) is 0 Å². The molecule has 1 unspecified atom stereocenters. The van der Waals surface area contributed by atoms with Gasteiger partial charge in [-0.1, -0.05) is 182 Å². The first-order valence-electron chi connectivity index (χ1n) is 22.7. The van der Waals surface area contributed by atoms with Crippen molar-refractivity contribution in [2.24, 2.45) is 4.99 Å². The van der Waals surface area contributed by atoms with Gasteiger partial charge in [-0.3, -0.25) is 4.99 Å². The molecule has 0 spiro atoms. The summed E-state index contributed by atoms with van der Waals surface area (Å²) in [6, 6.07) is 74.5. The van der Waals surface area contributed by atoms with Gasteiger partial charge in [-0.15, -0.1) is 0 Å². The first kappa shape index (κ1) is 37.4. The lowest BCUT2D eigenvalue weighted by Gasteiger charge is -2.27. The summed E-state index contributed by atoms with van der Waals surface area (Å²) in [6.45, 7) is 0. The second-order valence-electron chi connectivity index (χ2n) is 17.3. The highest BCUT2D eigenvalue weighted by Crippen LogP contribution is 2.47. The van der Waals surface area contributed by atoms with Crippen LogP contribution in [0.1, 0.15) is 22.9 Å². The molecule has 0 radical (unpaired) electrons.